The van der Waals surface area contributed by atoms with E-state index in [1.54, 1.807) is 14.0 Å². The van der Waals surface area contributed by atoms with Gasteiger partial charge in [-0.2, -0.15) is 4.31 Å². The normalized spacial score (nSPS) is 15.0. The van der Waals surface area contributed by atoms with Gasteiger partial charge >= 0.3 is 5.97 Å². The highest BCUT2D eigenvalue weighted by Crippen LogP contribution is 2.24. The lowest BCUT2D eigenvalue weighted by Crippen LogP contribution is -2.27. The minimum Gasteiger partial charge on any atom is -0.461 e. The third-order valence-electron chi connectivity index (χ3n) is 4.10. The Hall–Kier alpha value is -2.31. The third-order valence-corrected chi connectivity index (χ3v) is 6.60. The van der Waals surface area contributed by atoms with Crippen molar-refractivity contribution in [3.8, 4) is 0 Å². The molecule has 0 atom stereocenters. The van der Waals surface area contributed by atoms with E-state index < -0.39 is 21.9 Å². The van der Waals surface area contributed by atoms with Crippen LogP contribution in [0.25, 0.3) is 0 Å². The number of rotatable bonds is 6. The molecule has 0 saturated carbocycles. The molecule has 12 heteroatoms. The van der Waals surface area contributed by atoms with Crippen molar-refractivity contribution in [3.05, 3.63) is 23.7 Å². The van der Waals surface area contributed by atoms with Gasteiger partial charge in [-0.15, -0.1) is 5.10 Å². The van der Waals surface area contributed by atoms with E-state index in [9.17, 15) is 18.0 Å². The summed E-state index contributed by atoms with van der Waals surface area (Å²) in [7, 11) is -2.05. The Morgan fingerprint density at radius 1 is 1.33 bits per heavy atom. The number of carbonyl (C=O) groups excluding carboxylic acids is 2. The van der Waals surface area contributed by atoms with Crippen LogP contribution in [-0.4, -0.2) is 58.4 Å². The standard InChI is InChI=1S/C15H19N5O5S2/c1-3-25-15(22)12-14(26-18-17-12)16-13(21)11-8-10(9-19(11)2)27(23,24)20-6-4-5-7-20/h8-9H,3-7H2,1-2H3,(H,16,21). The first-order chi connectivity index (χ1) is 12.8. The molecule has 0 radical (unpaired) electrons. The molecule has 10 nitrogen and oxygen atoms in total. The second kappa shape index (κ2) is 7.74. The first kappa shape index (κ1) is 19.5. The zero-order valence-electron chi connectivity index (χ0n) is 14.8. The fourth-order valence-electron chi connectivity index (χ4n) is 2.75. The van der Waals surface area contributed by atoms with Crippen molar-refractivity contribution < 1.29 is 22.7 Å². The summed E-state index contributed by atoms with van der Waals surface area (Å²) in [6.07, 6.45) is 3.06. The smallest absolute Gasteiger partial charge is 0.362 e. The zero-order valence-corrected chi connectivity index (χ0v) is 16.5. The average Bonchev–Trinajstić information content (AvgIpc) is 3.35. The highest BCUT2D eigenvalue weighted by Gasteiger charge is 2.30. The van der Waals surface area contributed by atoms with Gasteiger partial charge < -0.3 is 14.6 Å². The zero-order chi connectivity index (χ0) is 19.6. The maximum atomic E-state index is 12.7. The van der Waals surface area contributed by atoms with E-state index in [4.69, 9.17) is 4.74 Å². The van der Waals surface area contributed by atoms with Crippen LogP contribution in [0.5, 0.6) is 0 Å². The van der Waals surface area contributed by atoms with Gasteiger partial charge in [0.2, 0.25) is 15.7 Å². The Morgan fingerprint density at radius 2 is 2.04 bits per heavy atom. The van der Waals surface area contributed by atoms with Gasteiger partial charge in [-0.25, -0.2) is 13.2 Å². The largest absolute Gasteiger partial charge is 0.461 e. The molecule has 1 N–H and O–H groups in total. The van der Waals surface area contributed by atoms with Crippen molar-refractivity contribution >= 4 is 38.4 Å². The number of esters is 1. The number of anilines is 1. The van der Waals surface area contributed by atoms with Crippen LogP contribution in [0.4, 0.5) is 5.00 Å². The molecule has 0 aliphatic carbocycles. The van der Waals surface area contributed by atoms with E-state index in [0.29, 0.717) is 13.1 Å². The van der Waals surface area contributed by atoms with Crippen LogP contribution in [0.15, 0.2) is 17.2 Å². The Kier molecular flexibility index (Phi) is 5.58. The summed E-state index contributed by atoms with van der Waals surface area (Å²) >= 11 is 0.836. The Bertz CT molecular complexity index is 959. The van der Waals surface area contributed by atoms with E-state index >= 15 is 0 Å². The minimum atomic E-state index is -3.63. The molecule has 2 aromatic rings. The highest BCUT2D eigenvalue weighted by molar-refractivity contribution is 7.89. The van der Waals surface area contributed by atoms with Crippen LogP contribution in [0.1, 0.15) is 40.7 Å². The van der Waals surface area contributed by atoms with Gasteiger partial charge in [0.05, 0.1) is 6.61 Å². The van der Waals surface area contributed by atoms with Crippen LogP contribution < -0.4 is 5.32 Å². The number of sulfonamides is 1. The number of nitrogens with zero attached hydrogens (tertiary/aromatic N) is 4. The lowest BCUT2D eigenvalue weighted by Gasteiger charge is -2.13. The number of aryl methyl sites for hydroxylation is 1. The third kappa shape index (κ3) is 3.87. The summed E-state index contributed by atoms with van der Waals surface area (Å²) in [6.45, 7) is 2.78. The van der Waals surface area contributed by atoms with Gasteiger partial charge in [-0.1, -0.05) is 4.49 Å². The maximum absolute atomic E-state index is 12.7. The second-order valence-corrected chi connectivity index (χ2v) is 8.60. The first-order valence-electron chi connectivity index (χ1n) is 8.32. The fourth-order valence-corrected chi connectivity index (χ4v) is 4.89. The highest BCUT2D eigenvalue weighted by atomic mass is 32.2. The quantitative estimate of drug-likeness (QED) is 0.703. The summed E-state index contributed by atoms with van der Waals surface area (Å²) in [5, 5.41) is 6.36. The summed E-state index contributed by atoms with van der Waals surface area (Å²) in [5.74, 6) is -1.26. The SMILES string of the molecule is CCOC(=O)c1nnsc1NC(=O)c1cc(S(=O)(=O)N2CCCC2)cn1C. The number of hydrogen-bond donors (Lipinski definition) is 1. The lowest BCUT2D eigenvalue weighted by molar-refractivity contribution is 0.0520. The molecule has 3 rings (SSSR count). The minimum absolute atomic E-state index is 0.0603. The number of aromatic nitrogens is 3. The van der Waals surface area contributed by atoms with Crippen molar-refractivity contribution in [2.75, 3.05) is 25.0 Å². The fraction of sp³-hybridized carbons (Fsp3) is 0.467. The molecule has 1 aliphatic heterocycles. The molecular weight excluding hydrogens is 394 g/mol. The van der Waals surface area contributed by atoms with Crippen molar-refractivity contribution in [2.24, 2.45) is 7.05 Å². The van der Waals surface area contributed by atoms with Crippen molar-refractivity contribution in [3.63, 3.8) is 0 Å². The summed E-state index contributed by atoms with van der Waals surface area (Å²) in [6, 6.07) is 1.32. The lowest BCUT2D eigenvalue weighted by atomic mass is 10.4. The summed E-state index contributed by atoms with van der Waals surface area (Å²) in [4.78, 5) is 24.5. The summed E-state index contributed by atoms with van der Waals surface area (Å²) in [5.41, 5.74) is 0.0466. The van der Waals surface area contributed by atoms with Crippen molar-refractivity contribution in [1.82, 2.24) is 18.5 Å². The van der Waals surface area contributed by atoms with Crippen LogP contribution in [0, 0.1) is 0 Å². The van der Waals surface area contributed by atoms with Crippen molar-refractivity contribution in [2.45, 2.75) is 24.7 Å². The maximum Gasteiger partial charge on any atom is 0.362 e. The van der Waals surface area contributed by atoms with E-state index in [-0.39, 0.29) is 27.9 Å². The molecular formula is C15H19N5O5S2. The molecule has 1 amide bonds. The molecule has 1 saturated heterocycles. The number of amides is 1. The Morgan fingerprint density at radius 3 is 2.70 bits per heavy atom. The predicted octanol–water partition coefficient (Wildman–Crippen LogP) is 1.09. The second-order valence-electron chi connectivity index (χ2n) is 5.91. The molecule has 0 unspecified atom stereocenters. The van der Waals surface area contributed by atoms with Gasteiger partial charge in [-0.3, -0.25) is 4.79 Å². The predicted molar refractivity (Wildman–Crippen MR) is 97.2 cm³/mol. The van der Waals surface area contributed by atoms with E-state index in [1.165, 1.54) is 21.1 Å². The van der Waals surface area contributed by atoms with Crippen LogP contribution in [0.3, 0.4) is 0 Å². The van der Waals surface area contributed by atoms with Gasteiger partial charge in [-0.05, 0) is 25.8 Å². The molecule has 2 aromatic heterocycles. The van der Waals surface area contributed by atoms with E-state index in [1.807, 2.05) is 0 Å². The number of nitrogens with one attached hydrogen (secondary N) is 1. The Labute approximate surface area is 160 Å². The van der Waals surface area contributed by atoms with Gasteiger partial charge in [0.15, 0.2) is 5.00 Å². The number of hydrogen-bond acceptors (Lipinski definition) is 8. The van der Waals surface area contributed by atoms with Crippen molar-refractivity contribution in [1.29, 1.82) is 0 Å². The van der Waals surface area contributed by atoms with Gasteiger partial charge in [0.25, 0.3) is 5.91 Å². The first-order valence-corrected chi connectivity index (χ1v) is 10.5. The van der Waals surface area contributed by atoms with E-state index in [2.05, 4.69) is 14.9 Å². The van der Waals surface area contributed by atoms with Gasteiger partial charge in [0.1, 0.15) is 10.6 Å². The molecule has 3 heterocycles. The Balaban J connectivity index is 1.82. The molecule has 0 spiro atoms. The number of ether oxygens (including phenoxy) is 1. The van der Waals surface area contributed by atoms with Crippen LogP contribution in [-0.2, 0) is 21.8 Å². The van der Waals surface area contributed by atoms with E-state index in [0.717, 1.165) is 24.4 Å². The molecule has 1 aliphatic rings. The van der Waals surface area contributed by atoms with Crippen LogP contribution >= 0.6 is 11.5 Å². The molecule has 146 valence electrons. The molecule has 1 fully saturated rings. The topological polar surface area (TPSA) is 123 Å². The number of carbonyl (C=O) groups is 2. The molecule has 27 heavy (non-hydrogen) atoms. The van der Waals surface area contributed by atoms with Crippen LogP contribution in [0.2, 0.25) is 0 Å². The molecule has 0 aromatic carbocycles. The van der Waals surface area contributed by atoms with Gasteiger partial charge in [0, 0.05) is 37.9 Å². The summed E-state index contributed by atoms with van der Waals surface area (Å²) < 4.78 is 36.7. The monoisotopic (exact) mass is 413 g/mol. The average molecular weight is 413 g/mol. The molecule has 0 bridgehead atoms.